The highest BCUT2D eigenvalue weighted by molar-refractivity contribution is 5.75. The van der Waals surface area contributed by atoms with E-state index in [0.29, 0.717) is 24.4 Å². The van der Waals surface area contributed by atoms with Crippen LogP contribution >= 0.6 is 0 Å². The number of para-hydroxylation sites is 1. The van der Waals surface area contributed by atoms with E-state index in [9.17, 15) is 4.79 Å². The first-order valence-corrected chi connectivity index (χ1v) is 10.7. The standard InChI is InChI=1S/C23H37NO2/c1-4-7-8-9-13-19(6-3)26-22-15-11-10-14-20(22)21-16-18(21)17-24-23(25)12-5-2/h10-11,14-15,18-19,21H,4-9,12-13,16-17H2,1-3H3,(H,24,25)/t18-,19?,21+/m0/s1. The fourth-order valence-electron chi connectivity index (χ4n) is 3.63. The van der Waals surface area contributed by atoms with Crippen LogP contribution in [-0.4, -0.2) is 18.6 Å². The van der Waals surface area contributed by atoms with E-state index in [4.69, 9.17) is 4.74 Å². The van der Waals surface area contributed by atoms with Gasteiger partial charge in [-0.25, -0.2) is 0 Å². The van der Waals surface area contributed by atoms with Crippen LogP contribution in [0.4, 0.5) is 0 Å². The van der Waals surface area contributed by atoms with Gasteiger partial charge in [0.15, 0.2) is 0 Å². The van der Waals surface area contributed by atoms with Crippen LogP contribution in [0.25, 0.3) is 0 Å². The van der Waals surface area contributed by atoms with E-state index < -0.39 is 0 Å². The van der Waals surface area contributed by atoms with Gasteiger partial charge >= 0.3 is 0 Å². The molecule has 0 aromatic heterocycles. The maximum atomic E-state index is 11.7. The zero-order valence-electron chi connectivity index (χ0n) is 16.9. The summed E-state index contributed by atoms with van der Waals surface area (Å²) in [6.45, 7) is 7.31. The molecule has 26 heavy (non-hydrogen) atoms. The van der Waals surface area contributed by atoms with Crippen LogP contribution in [0.2, 0.25) is 0 Å². The fraction of sp³-hybridized carbons (Fsp3) is 0.696. The van der Waals surface area contributed by atoms with Crippen LogP contribution in [0.5, 0.6) is 5.75 Å². The fourth-order valence-corrected chi connectivity index (χ4v) is 3.63. The molecule has 1 aliphatic rings. The summed E-state index contributed by atoms with van der Waals surface area (Å²) in [7, 11) is 0. The Morgan fingerprint density at radius 3 is 2.69 bits per heavy atom. The van der Waals surface area contributed by atoms with Crippen molar-refractivity contribution >= 4 is 5.91 Å². The maximum Gasteiger partial charge on any atom is 0.219 e. The lowest BCUT2D eigenvalue weighted by atomic mass is 10.1. The molecule has 1 N–H and O–H groups in total. The predicted molar refractivity (Wildman–Crippen MR) is 109 cm³/mol. The second-order valence-corrected chi connectivity index (χ2v) is 7.69. The molecule has 1 aromatic carbocycles. The molecule has 1 saturated carbocycles. The number of rotatable bonds is 13. The van der Waals surface area contributed by atoms with E-state index in [-0.39, 0.29) is 5.91 Å². The monoisotopic (exact) mass is 359 g/mol. The highest BCUT2D eigenvalue weighted by Gasteiger charge is 2.40. The lowest BCUT2D eigenvalue weighted by Gasteiger charge is -2.20. The van der Waals surface area contributed by atoms with Gasteiger partial charge in [-0.15, -0.1) is 0 Å². The smallest absolute Gasteiger partial charge is 0.219 e. The van der Waals surface area contributed by atoms with Crippen LogP contribution in [0.15, 0.2) is 24.3 Å². The quantitative estimate of drug-likeness (QED) is 0.450. The van der Waals surface area contributed by atoms with Crippen LogP contribution in [0.3, 0.4) is 0 Å². The first-order chi connectivity index (χ1) is 12.7. The minimum atomic E-state index is 0.181. The molecule has 3 nitrogen and oxygen atoms in total. The first-order valence-electron chi connectivity index (χ1n) is 10.7. The number of hydrogen-bond acceptors (Lipinski definition) is 2. The minimum absolute atomic E-state index is 0.181. The topological polar surface area (TPSA) is 38.3 Å². The van der Waals surface area contributed by atoms with Crippen molar-refractivity contribution in [2.45, 2.75) is 90.6 Å². The summed E-state index contributed by atoms with van der Waals surface area (Å²) in [5, 5.41) is 3.08. The number of benzene rings is 1. The van der Waals surface area contributed by atoms with Crippen LogP contribution in [-0.2, 0) is 4.79 Å². The third-order valence-corrected chi connectivity index (χ3v) is 5.41. The van der Waals surface area contributed by atoms with Crippen molar-refractivity contribution in [3.63, 3.8) is 0 Å². The van der Waals surface area contributed by atoms with Crippen LogP contribution in [0.1, 0.15) is 90.0 Å². The normalized spacial score (nSPS) is 19.8. The number of carbonyl (C=O) groups is 1. The van der Waals surface area contributed by atoms with E-state index in [1.807, 2.05) is 6.92 Å². The molecule has 146 valence electrons. The van der Waals surface area contributed by atoms with Crippen molar-refractivity contribution in [3.05, 3.63) is 29.8 Å². The lowest BCUT2D eigenvalue weighted by Crippen LogP contribution is -2.25. The van der Waals surface area contributed by atoms with Crippen molar-refractivity contribution in [2.75, 3.05) is 6.54 Å². The number of ether oxygens (including phenoxy) is 1. The predicted octanol–water partition coefficient (Wildman–Crippen LogP) is 5.83. The molecule has 0 bridgehead atoms. The highest BCUT2D eigenvalue weighted by atomic mass is 16.5. The van der Waals surface area contributed by atoms with Gasteiger partial charge < -0.3 is 10.1 Å². The number of amides is 1. The summed E-state index contributed by atoms with van der Waals surface area (Å²) in [5.74, 6) is 2.33. The van der Waals surface area contributed by atoms with Crippen molar-refractivity contribution in [3.8, 4) is 5.75 Å². The molecule has 0 spiro atoms. The molecule has 1 fully saturated rings. The number of carbonyl (C=O) groups excluding carboxylic acids is 1. The van der Waals surface area contributed by atoms with E-state index in [1.54, 1.807) is 0 Å². The summed E-state index contributed by atoms with van der Waals surface area (Å²) >= 11 is 0. The van der Waals surface area contributed by atoms with Crippen LogP contribution in [0, 0.1) is 5.92 Å². The molecule has 1 unspecified atom stereocenters. The summed E-state index contributed by atoms with van der Waals surface area (Å²) in [6.07, 6.45) is 10.4. The van der Waals surface area contributed by atoms with Gasteiger partial charge in [0.1, 0.15) is 5.75 Å². The molecule has 3 atom stereocenters. The van der Waals surface area contributed by atoms with Gasteiger partial charge in [0, 0.05) is 13.0 Å². The lowest BCUT2D eigenvalue weighted by molar-refractivity contribution is -0.121. The number of unbranched alkanes of at least 4 members (excludes halogenated alkanes) is 3. The Labute approximate surface area is 159 Å². The Bertz CT molecular complexity index is 543. The van der Waals surface area contributed by atoms with Gasteiger partial charge in [-0.2, -0.15) is 0 Å². The van der Waals surface area contributed by atoms with Crippen molar-refractivity contribution < 1.29 is 9.53 Å². The molecule has 0 radical (unpaired) electrons. The maximum absolute atomic E-state index is 11.7. The summed E-state index contributed by atoms with van der Waals surface area (Å²) in [6, 6.07) is 8.51. The SMILES string of the molecule is CCCCCCC(CC)Oc1ccccc1[C@@H]1C[C@H]1CNC(=O)CCC. The summed E-state index contributed by atoms with van der Waals surface area (Å²) in [4.78, 5) is 11.7. The Balaban J connectivity index is 1.86. The summed E-state index contributed by atoms with van der Waals surface area (Å²) in [5.41, 5.74) is 1.33. The zero-order valence-corrected chi connectivity index (χ0v) is 16.9. The minimum Gasteiger partial charge on any atom is -0.490 e. The van der Waals surface area contributed by atoms with Gasteiger partial charge in [0.05, 0.1) is 6.10 Å². The van der Waals surface area contributed by atoms with E-state index in [1.165, 1.54) is 31.2 Å². The number of hydrogen-bond donors (Lipinski definition) is 1. The molecule has 1 aromatic rings. The van der Waals surface area contributed by atoms with Gasteiger partial charge in [-0.3, -0.25) is 4.79 Å². The van der Waals surface area contributed by atoms with E-state index in [0.717, 1.165) is 38.0 Å². The molecule has 1 aliphatic carbocycles. The largest absolute Gasteiger partial charge is 0.490 e. The molecule has 1 amide bonds. The third-order valence-electron chi connectivity index (χ3n) is 5.41. The molecule has 0 aliphatic heterocycles. The molecule has 3 heteroatoms. The Morgan fingerprint density at radius 2 is 1.96 bits per heavy atom. The molecular formula is C23H37NO2. The molecule has 2 rings (SSSR count). The van der Waals surface area contributed by atoms with Gasteiger partial charge in [-0.05, 0) is 55.6 Å². The van der Waals surface area contributed by atoms with E-state index >= 15 is 0 Å². The molecular weight excluding hydrogens is 322 g/mol. The second kappa shape index (κ2) is 11.3. The van der Waals surface area contributed by atoms with Crippen molar-refractivity contribution in [1.29, 1.82) is 0 Å². The molecule has 0 saturated heterocycles. The Morgan fingerprint density at radius 1 is 1.15 bits per heavy atom. The first kappa shape index (κ1) is 20.8. The Kier molecular flexibility index (Phi) is 9.00. The zero-order chi connectivity index (χ0) is 18.8. The number of nitrogens with one attached hydrogen (secondary N) is 1. The van der Waals surface area contributed by atoms with Crippen molar-refractivity contribution in [1.82, 2.24) is 5.32 Å². The average molecular weight is 360 g/mol. The molecule has 0 heterocycles. The highest BCUT2D eigenvalue weighted by Crippen LogP contribution is 2.50. The third kappa shape index (κ3) is 6.66. The Hall–Kier alpha value is -1.51. The van der Waals surface area contributed by atoms with E-state index in [2.05, 4.69) is 43.4 Å². The second-order valence-electron chi connectivity index (χ2n) is 7.69. The van der Waals surface area contributed by atoms with Crippen LogP contribution < -0.4 is 10.1 Å². The van der Waals surface area contributed by atoms with Gasteiger partial charge in [-0.1, -0.05) is 58.2 Å². The summed E-state index contributed by atoms with van der Waals surface area (Å²) < 4.78 is 6.40. The average Bonchev–Trinajstić information content (AvgIpc) is 3.42. The van der Waals surface area contributed by atoms with Gasteiger partial charge in [0.2, 0.25) is 5.91 Å². The van der Waals surface area contributed by atoms with Gasteiger partial charge in [0.25, 0.3) is 0 Å². The van der Waals surface area contributed by atoms with Crippen molar-refractivity contribution in [2.24, 2.45) is 5.92 Å².